The fraction of sp³-hybridized carbons (Fsp3) is 0.0508. The van der Waals surface area contributed by atoms with E-state index in [0.717, 1.165) is 72.9 Å². The zero-order chi connectivity index (χ0) is 43.1. The number of fused-ring (bicyclic) bond motifs is 3. The van der Waals surface area contributed by atoms with E-state index in [1.165, 1.54) is 38.6 Å². The van der Waals surface area contributed by atoms with Gasteiger partial charge in [-0.1, -0.05) is 175 Å². The van der Waals surface area contributed by atoms with Crippen molar-refractivity contribution in [2.75, 3.05) is 0 Å². The molecule has 5 nitrogen and oxygen atoms in total. The predicted octanol–water partition coefficient (Wildman–Crippen LogP) is 15.0. The van der Waals surface area contributed by atoms with Crippen molar-refractivity contribution in [3.63, 3.8) is 0 Å². The minimum Gasteiger partial charge on any atom is -0.309 e. The lowest BCUT2D eigenvalue weighted by atomic mass is 9.93. The second kappa shape index (κ2) is 16.2. The molecule has 0 saturated heterocycles. The van der Waals surface area contributed by atoms with Gasteiger partial charge in [-0.15, -0.1) is 0 Å². The first-order valence-corrected chi connectivity index (χ1v) is 21.7. The molecule has 0 unspecified atom stereocenters. The van der Waals surface area contributed by atoms with Crippen molar-refractivity contribution in [3.05, 3.63) is 223 Å². The molecule has 0 fully saturated rings. The second-order valence-corrected chi connectivity index (χ2v) is 16.5. The second-order valence-electron chi connectivity index (χ2n) is 16.5. The van der Waals surface area contributed by atoms with Gasteiger partial charge in [-0.25, -0.2) is 19.9 Å². The van der Waals surface area contributed by atoms with Crippen LogP contribution >= 0.6 is 0 Å². The Labute approximate surface area is 373 Å². The zero-order valence-electron chi connectivity index (χ0n) is 35.9. The molecule has 3 heterocycles. The molecule has 0 aliphatic heterocycles. The summed E-state index contributed by atoms with van der Waals surface area (Å²) in [7, 11) is 0. The van der Waals surface area contributed by atoms with Gasteiger partial charge in [0.1, 0.15) is 0 Å². The van der Waals surface area contributed by atoms with Crippen LogP contribution in [0.3, 0.4) is 0 Å². The van der Waals surface area contributed by atoms with Crippen molar-refractivity contribution in [2.45, 2.75) is 20.8 Å². The Morgan fingerprint density at radius 1 is 0.328 bits per heavy atom. The van der Waals surface area contributed by atoms with E-state index < -0.39 is 0 Å². The smallest absolute Gasteiger partial charge is 0.160 e. The van der Waals surface area contributed by atoms with Crippen molar-refractivity contribution in [3.8, 4) is 84.6 Å². The van der Waals surface area contributed by atoms with E-state index in [4.69, 9.17) is 19.9 Å². The van der Waals surface area contributed by atoms with Crippen LogP contribution in [0.5, 0.6) is 0 Å². The van der Waals surface area contributed by atoms with Crippen LogP contribution in [0, 0.1) is 20.8 Å². The molecule has 0 saturated carbocycles. The average Bonchev–Trinajstić information content (AvgIpc) is 3.67. The molecule has 3 aromatic heterocycles. The van der Waals surface area contributed by atoms with Crippen molar-refractivity contribution < 1.29 is 0 Å². The van der Waals surface area contributed by atoms with E-state index in [2.05, 4.69) is 183 Å². The normalized spacial score (nSPS) is 11.4. The van der Waals surface area contributed by atoms with Gasteiger partial charge in [-0.2, -0.15) is 0 Å². The summed E-state index contributed by atoms with van der Waals surface area (Å²) >= 11 is 0. The number of benzene rings is 8. The van der Waals surface area contributed by atoms with Crippen LogP contribution in [-0.2, 0) is 0 Å². The molecule has 0 radical (unpaired) electrons. The Morgan fingerprint density at radius 2 is 0.781 bits per heavy atom. The van der Waals surface area contributed by atoms with Crippen molar-refractivity contribution in [1.82, 2.24) is 24.5 Å². The van der Waals surface area contributed by atoms with E-state index in [9.17, 15) is 0 Å². The van der Waals surface area contributed by atoms with Gasteiger partial charge in [0.2, 0.25) is 0 Å². The molecule has 0 aliphatic rings. The lowest BCUT2D eigenvalue weighted by molar-refractivity contribution is 1.15. The molecule has 64 heavy (non-hydrogen) atoms. The molecule has 11 aromatic rings. The third kappa shape index (κ3) is 7.13. The SMILES string of the molecule is Cc1cc(C)c(-c2ccc3c4ccccc4n(-c4ccc(-c5cc(-c6ccccc6)nc(-c6ccccc6)n5)cc4-c4cc(-c5ccccc5)nc(-c5ccccc5)n4)c3c2)c(C)c1. The van der Waals surface area contributed by atoms with E-state index in [1.807, 2.05) is 48.5 Å². The van der Waals surface area contributed by atoms with Gasteiger partial charge < -0.3 is 4.57 Å². The van der Waals surface area contributed by atoms with Gasteiger partial charge >= 0.3 is 0 Å². The van der Waals surface area contributed by atoms with E-state index in [1.54, 1.807) is 0 Å². The van der Waals surface area contributed by atoms with Crippen molar-refractivity contribution >= 4 is 21.8 Å². The van der Waals surface area contributed by atoms with Gasteiger partial charge in [0.15, 0.2) is 11.6 Å². The first kappa shape index (κ1) is 38.6. The third-order valence-corrected chi connectivity index (χ3v) is 12.1. The third-order valence-electron chi connectivity index (χ3n) is 12.1. The Kier molecular flexibility index (Phi) is 9.78. The molecule has 8 aromatic carbocycles. The predicted molar refractivity (Wildman–Crippen MR) is 264 cm³/mol. The molecule has 304 valence electrons. The van der Waals surface area contributed by atoms with Crippen LogP contribution in [0.1, 0.15) is 16.7 Å². The quantitative estimate of drug-likeness (QED) is 0.153. The number of nitrogens with zero attached hydrogens (tertiary/aromatic N) is 5. The summed E-state index contributed by atoms with van der Waals surface area (Å²) in [6.07, 6.45) is 0. The minimum absolute atomic E-state index is 0.655. The zero-order valence-corrected chi connectivity index (χ0v) is 35.9. The lowest BCUT2D eigenvalue weighted by Gasteiger charge is -2.18. The van der Waals surface area contributed by atoms with Crippen LogP contribution in [-0.4, -0.2) is 24.5 Å². The first-order chi connectivity index (χ1) is 31.4. The summed E-state index contributed by atoms with van der Waals surface area (Å²) in [4.78, 5) is 21.0. The molecule has 0 atom stereocenters. The highest BCUT2D eigenvalue weighted by atomic mass is 15.0. The van der Waals surface area contributed by atoms with Gasteiger partial charge in [0.25, 0.3) is 0 Å². The molecule has 0 aliphatic carbocycles. The highest BCUT2D eigenvalue weighted by Crippen LogP contribution is 2.41. The largest absolute Gasteiger partial charge is 0.309 e. The average molecular weight is 822 g/mol. The van der Waals surface area contributed by atoms with Crippen LogP contribution in [0.25, 0.3) is 106 Å². The Bertz CT molecular complexity index is 3370. The molecule has 0 N–H and O–H groups in total. The molecule has 0 amide bonds. The number of hydrogen-bond donors (Lipinski definition) is 0. The van der Waals surface area contributed by atoms with E-state index in [-0.39, 0.29) is 0 Å². The monoisotopic (exact) mass is 821 g/mol. The number of hydrogen-bond acceptors (Lipinski definition) is 4. The number of aromatic nitrogens is 5. The van der Waals surface area contributed by atoms with E-state index >= 15 is 0 Å². The van der Waals surface area contributed by atoms with Gasteiger partial charge in [-0.3, -0.25) is 0 Å². The maximum atomic E-state index is 5.43. The molecular formula is C59H43N5. The summed E-state index contributed by atoms with van der Waals surface area (Å²) in [5, 5.41) is 2.37. The van der Waals surface area contributed by atoms with Crippen molar-refractivity contribution in [1.29, 1.82) is 0 Å². The number of para-hydroxylation sites is 1. The summed E-state index contributed by atoms with van der Waals surface area (Å²) < 4.78 is 2.42. The van der Waals surface area contributed by atoms with Crippen LogP contribution in [0.2, 0.25) is 0 Å². The summed E-state index contributed by atoms with van der Waals surface area (Å²) in [6, 6.07) is 72.3. The van der Waals surface area contributed by atoms with Crippen molar-refractivity contribution in [2.24, 2.45) is 0 Å². The van der Waals surface area contributed by atoms with Crippen LogP contribution in [0.4, 0.5) is 0 Å². The number of rotatable bonds is 8. The summed E-state index contributed by atoms with van der Waals surface area (Å²) in [5.41, 5.74) is 18.6. The Hall–Kier alpha value is -8.28. The first-order valence-electron chi connectivity index (χ1n) is 21.7. The summed E-state index contributed by atoms with van der Waals surface area (Å²) in [6.45, 7) is 6.60. The lowest BCUT2D eigenvalue weighted by Crippen LogP contribution is -2.02. The summed E-state index contributed by atoms with van der Waals surface area (Å²) in [5.74, 6) is 1.32. The van der Waals surface area contributed by atoms with Crippen LogP contribution in [0.15, 0.2) is 206 Å². The number of aryl methyl sites for hydroxylation is 3. The minimum atomic E-state index is 0.655. The maximum Gasteiger partial charge on any atom is 0.160 e. The topological polar surface area (TPSA) is 56.5 Å². The van der Waals surface area contributed by atoms with Gasteiger partial charge in [0, 0.05) is 44.2 Å². The highest BCUT2D eigenvalue weighted by Gasteiger charge is 2.21. The Morgan fingerprint density at radius 3 is 1.36 bits per heavy atom. The van der Waals surface area contributed by atoms with Gasteiger partial charge in [0.05, 0.1) is 39.5 Å². The highest BCUT2D eigenvalue weighted by molar-refractivity contribution is 6.11. The van der Waals surface area contributed by atoms with Gasteiger partial charge in [-0.05, 0) is 79.4 Å². The molecule has 5 heteroatoms. The molecular weight excluding hydrogens is 779 g/mol. The molecule has 11 rings (SSSR count). The fourth-order valence-corrected chi connectivity index (χ4v) is 9.24. The molecule has 0 bridgehead atoms. The fourth-order valence-electron chi connectivity index (χ4n) is 9.24. The van der Waals surface area contributed by atoms with Crippen LogP contribution < -0.4 is 0 Å². The maximum absolute atomic E-state index is 5.43. The standard InChI is InChI=1S/C59H43N5/c1-38-32-39(2)57(40(3)33-38)46-28-30-48-47-26-16-17-27-54(47)64(56(48)35-46)55-31-29-45(52-36-50(41-18-8-4-9-19-41)60-58(62-52)43-22-12-6-13-23-43)34-49(55)53-37-51(42-20-10-5-11-21-42)61-59(63-53)44-24-14-7-15-25-44/h4-37H,1-3H3. The Balaban J connectivity index is 1.22. The molecule has 0 spiro atoms. The van der Waals surface area contributed by atoms with E-state index in [0.29, 0.717) is 11.6 Å².